The Kier molecular flexibility index (Phi) is 9.83. The number of aliphatic imine (C=N–C) groups is 1. The molecule has 2 N–H and O–H groups in total. The Morgan fingerprint density at radius 1 is 1.16 bits per heavy atom. The molecule has 1 fully saturated rings. The van der Waals surface area contributed by atoms with Gasteiger partial charge in [-0.3, -0.25) is 15.1 Å². The number of para-hydroxylation sites is 1. The molecule has 2 aromatic rings. The molecule has 0 amide bonds. The zero-order chi connectivity index (χ0) is 21.3. The van der Waals surface area contributed by atoms with Crippen molar-refractivity contribution in [2.75, 3.05) is 14.2 Å². The predicted octanol–water partition coefficient (Wildman–Crippen LogP) is 4.41. The van der Waals surface area contributed by atoms with Gasteiger partial charge in [-0.1, -0.05) is 24.3 Å². The van der Waals surface area contributed by atoms with E-state index < -0.39 is 4.92 Å². The summed E-state index contributed by atoms with van der Waals surface area (Å²) in [5.74, 6) is 2.09. The summed E-state index contributed by atoms with van der Waals surface area (Å²) < 4.78 is 11.8. The number of hydrogen-bond donors (Lipinski definition) is 2. The zero-order valence-electron chi connectivity index (χ0n) is 17.8. The van der Waals surface area contributed by atoms with Crippen LogP contribution in [0.4, 0.5) is 5.69 Å². The van der Waals surface area contributed by atoms with Crippen molar-refractivity contribution in [2.45, 2.75) is 44.9 Å². The molecule has 0 spiro atoms. The van der Waals surface area contributed by atoms with Gasteiger partial charge < -0.3 is 20.1 Å². The summed E-state index contributed by atoms with van der Waals surface area (Å²) >= 11 is 0. The third-order valence-electron chi connectivity index (χ3n) is 5.12. The standard InChI is InChI=1S/C22H28N4O4.HI/c1-23-22(24-14-16-7-5-9-18(13-16)26(27)28)25-15-17-8-6-12-20(29-2)21(17)30-19-10-3-4-11-19;/h5-9,12-13,19H,3-4,10-11,14-15H2,1-2H3,(H2,23,24,25);1H. The van der Waals surface area contributed by atoms with Crippen molar-refractivity contribution in [1.82, 2.24) is 10.6 Å². The Morgan fingerprint density at radius 2 is 1.87 bits per heavy atom. The molecule has 0 aliphatic heterocycles. The van der Waals surface area contributed by atoms with Gasteiger partial charge in [0.2, 0.25) is 0 Å². The number of rotatable bonds is 8. The highest BCUT2D eigenvalue weighted by atomic mass is 127. The van der Waals surface area contributed by atoms with Crippen molar-refractivity contribution in [1.29, 1.82) is 0 Å². The molecule has 2 aromatic carbocycles. The maximum absolute atomic E-state index is 10.9. The van der Waals surface area contributed by atoms with Gasteiger partial charge >= 0.3 is 0 Å². The molecule has 8 nitrogen and oxygen atoms in total. The number of hydrogen-bond acceptors (Lipinski definition) is 5. The van der Waals surface area contributed by atoms with E-state index in [2.05, 4.69) is 15.6 Å². The second kappa shape index (κ2) is 12.3. The van der Waals surface area contributed by atoms with E-state index in [0.29, 0.717) is 19.0 Å². The number of non-ortho nitro benzene ring substituents is 1. The molecule has 0 radical (unpaired) electrons. The molecule has 31 heavy (non-hydrogen) atoms. The summed E-state index contributed by atoms with van der Waals surface area (Å²) in [6, 6.07) is 12.4. The Hall–Kier alpha value is -2.56. The van der Waals surface area contributed by atoms with Gasteiger partial charge in [-0.15, -0.1) is 24.0 Å². The number of nitro groups is 1. The molecule has 168 valence electrons. The van der Waals surface area contributed by atoms with E-state index in [-0.39, 0.29) is 35.8 Å². The zero-order valence-corrected chi connectivity index (χ0v) is 20.1. The molecular weight excluding hydrogens is 511 g/mol. The van der Waals surface area contributed by atoms with Crippen LogP contribution in [-0.2, 0) is 13.1 Å². The van der Waals surface area contributed by atoms with Crippen molar-refractivity contribution >= 4 is 35.6 Å². The molecule has 0 unspecified atom stereocenters. The fourth-order valence-electron chi connectivity index (χ4n) is 3.53. The highest BCUT2D eigenvalue weighted by Crippen LogP contribution is 2.34. The van der Waals surface area contributed by atoms with Gasteiger partial charge in [0.25, 0.3) is 5.69 Å². The number of halogens is 1. The van der Waals surface area contributed by atoms with Gasteiger partial charge in [0.05, 0.1) is 18.1 Å². The Balaban J connectivity index is 0.00000341. The van der Waals surface area contributed by atoms with Gasteiger partial charge in [-0.05, 0) is 37.3 Å². The van der Waals surface area contributed by atoms with E-state index in [1.165, 1.54) is 18.9 Å². The molecule has 3 rings (SSSR count). The molecule has 0 heterocycles. The van der Waals surface area contributed by atoms with Crippen LogP contribution in [0.5, 0.6) is 11.5 Å². The Labute approximate surface area is 199 Å². The van der Waals surface area contributed by atoms with E-state index in [1.807, 2.05) is 24.3 Å². The SMILES string of the molecule is CN=C(NCc1cccc([N+](=O)[O-])c1)NCc1cccc(OC)c1OC1CCCC1.I. The monoisotopic (exact) mass is 540 g/mol. The van der Waals surface area contributed by atoms with Crippen LogP contribution in [0.25, 0.3) is 0 Å². The third kappa shape index (κ3) is 6.98. The minimum absolute atomic E-state index is 0. The second-order valence-electron chi connectivity index (χ2n) is 7.18. The van der Waals surface area contributed by atoms with Crippen molar-refractivity contribution in [3.63, 3.8) is 0 Å². The fourth-order valence-corrected chi connectivity index (χ4v) is 3.53. The van der Waals surface area contributed by atoms with Crippen LogP contribution in [-0.4, -0.2) is 31.1 Å². The topological polar surface area (TPSA) is 98.0 Å². The summed E-state index contributed by atoms with van der Waals surface area (Å²) in [5, 5.41) is 17.4. The van der Waals surface area contributed by atoms with Crippen molar-refractivity contribution in [3.05, 3.63) is 63.7 Å². The van der Waals surface area contributed by atoms with E-state index in [4.69, 9.17) is 9.47 Å². The first-order chi connectivity index (χ1) is 14.6. The number of ether oxygens (including phenoxy) is 2. The molecular formula is C22H29IN4O4. The smallest absolute Gasteiger partial charge is 0.269 e. The Bertz CT molecular complexity index is 901. The average Bonchev–Trinajstić information content (AvgIpc) is 3.28. The summed E-state index contributed by atoms with van der Waals surface area (Å²) in [4.78, 5) is 14.8. The van der Waals surface area contributed by atoms with Crippen LogP contribution in [0, 0.1) is 10.1 Å². The lowest BCUT2D eigenvalue weighted by Crippen LogP contribution is -2.36. The van der Waals surface area contributed by atoms with Crippen molar-refractivity contribution in [2.24, 2.45) is 4.99 Å². The maximum Gasteiger partial charge on any atom is 0.269 e. The average molecular weight is 540 g/mol. The van der Waals surface area contributed by atoms with Crippen LogP contribution in [0.1, 0.15) is 36.8 Å². The van der Waals surface area contributed by atoms with E-state index in [0.717, 1.165) is 35.5 Å². The summed E-state index contributed by atoms with van der Waals surface area (Å²) in [6.45, 7) is 0.929. The molecule has 1 aliphatic rings. The van der Waals surface area contributed by atoms with E-state index in [9.17, 15) is 10.1 Å². The molecule has 0 aromatic heterocycles. The number of nitro benzene ring substituents is 1. The molecule has 0 saturated heterocycles. The minimum Gasteiger partial charge on any atom is -0.493 e. The van der Waals surface area contributed by atoms with Gasteiger partial charge in [0.1, 0.15) is 0 Å². The lowest BCUT2D eigenvalue weighted by Gasteiger charge is -2.20. The number of guanidine groups is 1. The van der Waals surface area contributed by atoms with Gasteiger partial charge in [-0.25, -0.2) is 0 Å². The van der Waals surface area contributed by atoms with Crippen LogP contribution in [0.3, 0.4) is 0 Å². The van der Waals surface area contributed by atoms with E-state index >= 15 is 0 Å². The molecule has 1 saturated carbocycles. The fraction of sp³-hybridized carbons (Fsp3) is 0.409. The normalized spacial score (nSPS) is 13.9. The first-order valence-electron chi connectivity index (χ1n) is 10.1. The molecule has 0 bridgehead atoms. The summed E-state index contributed by atoms with van der Waals surface area (Å²) in [7, 11) is 3.33. The van der Waals surface area contributed by atoms with Crippen LogP contribution in [0.2, 0.25) is 0 Å². The Morgan fingerprint density at radius 3 is 2.55 bits per heavy atom. The predicted molar refractivity (Wildman–Crippen MR) is 131 cm³/mol. The number of nitrogens with zero attached hydrogens (tertiary/aromatic N) is 2. The number of benzene rings is 2. The first kappa shape index (κ1) is 24.7. The largest absolute Gasteiger partial charge is 0.493 e. The van der Waals surface area contributed by atoms with Gasteiger partial charge in [0, 0.05) is 37.8 Å². The number of methoxy groups -OCH3 is 1. The second-order valence-corrected chi connectivity index (χ2v) is 7.18. The first-order valence-corrected chi connectivity index (χ1v) is 10.1. The summed E-state index contributed by atoms with van der Waals surface area (Å²) in [5.41, 5.74) is 1.86. The molecule has 1 aliphatic carbocycles. The highest BCUT2D eigenvalue weighted by molar-refractivity contribution is 14.0. The van der Waals surface area contributed by atoms with Gasteiger partial charge in [0.15, 0.2) is 17.5 Å². The minimum atomic E-state index is -0.398. The van der Waals surface area contributed by atoms with Crippen LogP contribution >= 0.6 is 24.0 Å². The summed E-state index contributed by atoms with van der Waals surface area (Å²) in [6.07, 6.45) is 4.75. The molecule has 0 atom stereocenters. The van der Waals surface area contributed by atoms with Crippen molar-refractivity contribution in [3.8, 4) is 11.5 Å². The maximum atomic E-state index is 10.9. The quantitative estimate of drug-likeness (QED) is 0.169. The third-order valence-corrected chi connectivity index (χ3v) is 5.12. The van der Waals surface area contributed by atoms with Crippen LogP contribution < -0.4 is 20.1 Å². The van der Waals surface area contributed by atoms with Gasteiger partial charge in [-0.2, -0.15) is 0 Å². The molecule has 9 heteroatoms. The lowest BCUT2D eigenvalue weighted by molar-refractivity contribution is -0.384. The highest BCUT2D eigenvalue weighted by Gasteiger charge is 2.20. The lowest BCUT2D eigenvalue weighted by atomic mass is 10.1. The number of nitrogens with one attached hydrogen (secondary N) is 2. The van der Waals surface area contributed by atoms with Crippen molar-refractivity contribution < 1.29 is 14.4 Å². The van der Waals surface area contributed by atoms with Crippen LogP contribution in [0.15, 0.2) is 47.5 Å². The van der Waals surface area contributed by atoms with E-state index in [1.54, 1.807) is 26.3 Å².